The lowest BCUT2D eigenvalue weighted by Crippen LogP contribution is -2.28. The number of amidine groups is 1. The van der Waals surface area contributed by atoms with Crippen molar-refractivity contribution in [3.63, 3.8) is 0 Å². The molecule has 1 aliphatic heterocycles. The molecule has 3 aromatic rings. The van der Waals surface area contributed by atoms with Gasteiger partial charge in [-0.3, -0.25) is 14.9 Å². The standard InChI is InChI=1S/C21H21N5O4S/c1-31-21(24-20(27)14-5-4-6-17(12-14)26(28)29)23-16-8-9-18-15(11-16)13-22-25(18)19-7-2-3-10-30-19/h4-6,8-9,11-13,19H,2-3,7,10H2,1H3,(H,23,24,27). The topological polar surface area (TPSA) is 112 Å². The Morgan fingerprint density at radius 2 is 2.19 bits per heavy atom. The lowest BCUT2D eigenvalue weighted by atomic mass is 10.2. The van der Waals surface area contributed by atoms with Gasteiger partial charge in [0, 0.05) is 29.7 Å². The van der Waals surface area contributed by atoms with Crippen molar-refractivity contribution in [2.75, 3.05) is 12.9 Å². The first-order chi connectivity index (χ1) is 15.0. The Morgan fingerprint density at radius 1 is 1.32 bits per heavy atom. The third-order valence-electron chi connectivity index (χ3n) is 4.97. The number of hydrogen-bond acceptors (Lipinski definition) is 7. The number of rotatable bonds is 4. The number of carbonyl (C=O) groups excluding carboxylic acids is 1. The van der Waals surface area contributed by atoms with Gasteiger partial charge < -0.3 is 10.1 Å². The van der Waals surface area contributed by atoms with Crippen LogP contribution in [0.5, 0.6) is 0 Å². The van der Waals surface area contributed by atoms with E-state index in [-0.39, 0.29) is 17.5 Å². The number of nitrogens with zero attached hydrogens (tertiary/aromatic N) is 4. The van der Waals surface area contributed by atoms with Crippen molar-refractivity contribution < 1.29 is 14.5 Å². The van der Waals surface area contributed by atoms with E-state index in [0.717, 1.165) is 36.8 Å². The van der Waals surface area contributed by atoms with Crippen LogP contribution in [-0.2, 0) is 4.74 Å². The molecular weight excluding hydrogens is 418 g/mol. The second kappa shape index (κ2) is 9.27. The van der Waals surface area contributed by atoms with Gasteiger partial charge in [-0.15, -0.1) is 0 Å². The monoisotopic (exact) mass is 439 g/mol. The van der Waals surface area contributed by atoms with Crippen LogP contribution in [0.15, 0.2) is 53.7 Å². The highest BCUT2D eigenvalue weighted by Gasteiger charge is 2.18. The second-order valence-electron chi connectivity index (χ2n) is 7.04. The zero-order valence-electron chi connectivity index (χ0n) is 16.9. The maximum atomic E-state index is 12.5. The predicted molar refractivity (Wildman–Crippen MR) is 120 cm³/mol. The van der Waals surface area contributed by atoms with Gasteiger partial charge in [-0.05, 0) is 49.8 Å². The van der Waals surface area contributed by atoms with Crippen LogP contribution in [0.25, 0.3) is 10.9 Å². The Labute approximate surface area is 182 Å². The van der Waals surface area contributed by atoms with Crippen molar-refractivity contribution in [1.29, 1.82) is 0 Å². The van der Waals surface area contributed by atoms with Gasteiger partial charge in [0.2, 0.25) is 0 Å². The average molecular weight is 439 g/mol. The first-order valence-electron chi connectivity index (χ1n) is 9.82. The Kier molecular flexibility index (Phi) is 6.28. The van der Waals surface area contributed by atoms with E-state index in [2.05, 4.69) is 15.4 Å². The number of non-ortho nitro benzene ring substituents is 1. The Balaban J connectivity index is 1.54. The fraction of sp³-hybridized carbons (Fsp3) is 0.286. The molecule has 4 rings (SSSR count). The highest BCUT2D eigenvalue weighted by atomic mass is 32.2. The molecule has 0 radical (unpaired) electrons. The molecule has 1 saturated heterocycles. The van der Waals surface area contributed by atoms with E-state index in [9.17, 15) is 14.9 Å². The molecule has 160 valence electrons. The number of hydrogen-bond donors (Lipinski definition) is 1. The number of nitro groups is 1. The zero-order chi connectivity index (χ0) is 21.8. The number of benzene rings is 2. The van der Waals surface area contributed by atoms with Crippen LogP contribution in [0, 0.1) is 10.1 Å². The number of nitrogens with one attached hydrogen (secondary N) is 1. The Morgan fingerprint density at radius 3 is 2.94 bits per heavy atom. The van der Waals surface area contributed by atoms with Crippen molar-refractivity contribution in [2.24, 2.45) is 4.99 Å². The third kappa shape index (κ3) is 4.75. The van der Waals surface area contributed by atoms with E-state index in [1.165, 1.54) is 36.0 Å². The number of fused-ring (bicyclic) bond motifs is 1. The molecule has 31 heavy (non-hydrogen) atoms. The highest BCUT2D eigenvalue weighted by Crippen LogP contribution is 2.28. The summed E-state index contributed by atoms with van der Waals surface area (Å²) in [6.07, 6.45) is 6.67. The smallest absolute Gasteiger partial charge is 0.270 e. The zero-order valence-corrected chi connectivity index (χ0v) is 17.7. The minimum Gasteiger partial charge on any atom is -0.356 e. The van der Waals surface area contributed by atoms with Crippen LogP contribution in [0.3, 0.4) is 0 Å². The molecule has 1 unspecified atom stereocenters. The molecule has 9 nitrogen and oxygen atoms in total. The Hall–Kier alpha value is -3.24. The first-order valence-corrected chi connectivity index (χ1v) is 11.0. The maximum absolute atomic E-state index is 12.5. The van der Waals surface area contributed by atoms with E-state index in [4.69, 9.17) is 4.74 Å². The number of aromatic nitrogens is 2. The van der Waals surface area contributed by atoms with Crippen LogP contribution in [0.4, 0.5) is 11.4 Å². The maximum Gasteiger partial charge on any atom is 0.270 e. The molecule has 2 aromatic carbocycles. The molecule has 0 aliphatic carbocycles. The predicted octanol–water partition coefficient (Wildman–Crippen LogP) is 4.42. The van der Waals surface area contributed by atoms with Crippen LogP contribution in [-0.4, -0.2) is 38.6 Å². The fourth-order valence-electron chi connectivity index (χ4n) is 3.43. The summed E-state index contributed by atoms with van der Waals surface area (Å²) in [5.41, 5.74) is 1.69. The minimum absolute atomic E-state index is 0.0448. The summed E-state index contributed by atoms with van der Waals surface area (Å²) >= 11 is 1.27. The third-order valence-corrected chi connectivity index (χ3v) is 5.55. The number of aliphatic imine (C=N–C) groups is 1. The van der Waals surface area contributed by atoms with Crippen molar-refractivity contribution in [3.8, 4) is 0 Å². The molecule has 1 aromatic heterocycles. The quantitative estimate of drug-likeness (QED) is 0.279. The van der Waals surface area contributed by atoms with Crippen molar-refractivity contribution >= 4 is 45.1 Å². The summed E-state index contributed by atoms with van der Waals surface area (Å²) in [5.74, 6) is -0.458. The van der Waals surface area contributed by atoms with E-state index in [0.29, 0.717) is 10.9 Å². The van der Waals surface area contributed by atoms with Crippen LogP contribution in [0.1, 0.15) is 35.8 Å². The van der Waals surface area contributed by atoms with Crippen LogP contribution in [0.2, 0.25) is 0 Å². The SMILES string of the molecule is CSC(=Nc1ccc2c(cnn2C2CCCCO2)c1)NC(=O)c1cccc([N+](=O)[O-])c1. The van der Waals surface area contributed by atoms with Gasteiger partial charge in [-0.1, -0.05) is 17.8 Å². The van der Waals surface area contributed by atoms with Gasteiger partial charge >= 0.3 is 0 Å². The molecule has 0 spiro atoms. The highest BCUT2D eigenvalue weighted by molar-refractivity contribution is 8.13. The number of thioether (sulfide) groups is 1. The van der Waals surface area contributed by atoms with Gasteiger partial charge in [-0.25, -0.2) is 9.67 Å². The first kappa shape index (κ1) is 21.0. The summed E-state index contributed by atoms with van der Waals surface area (Å²) in [6.45, 7) is 0.746. The van der Waals surface area contributed by atoms with E-state index in [1.54, 1.807) is 12.5 Å². The molecular formula is C21H21N5O4S. The fourth-order valence-corrected chi connectivity index (χ4v) is 3.82. The lowest BCUT2D eigenvalue weighted by molar-refractivity contribution is -0.384. The lowest BCUT2D eigenvalue weighted by Gasteiger charge is -2.23. The van der Waals surface area contributed by atoms with Crippen LogP contribution < -0.4 is 5.32 Å². The van der Waals surface area contributed by atoms with Crippen molar-refractivity contribution in [1.82, 2.24) is 15.1 Å². The summed E-state index contributed by atoms with van der Waals surface area (Å²) in [7, 11) is 0. The molecule has 10 heteroatoms. The Bertz CT molecular complexity index is 1150. The molecule has 0 bridgehead atoms. The van der Waals surface area contributed by atoms with Gasteiger partial charge in [-0.2, -0.15) is 5.10 Å². The summed E-state index contributed by atoms with van der Waals surface area (Å²) in [6, 6.07) is 11.3. The number of amides is 1. The second-order valence-corrected chi connectivity index (χ2v) is 7.83. The number of nitro benzene ring substituents is 1. The van der Waals surface area contributed by atoms with Crippen LogP contribution >= 0.6 is 11.8 Å². The van der Waals surface area contributed by atoms with Crippen molar-refractivity contribution in [3.05, 3.63) is 64.3 Å². The summed E-state index contributed by atoms with van der Waals surface area (Å²) in [4.78, 5) is 27.4. The van der Waals surface area contributed by atoms with E-state index >= 15 is 0 Å². The number of ether oxygens (including phenoxy) is 1. The molecule has 1 atom stereocenters. The van der Waals surface area contributed by atoms with E-state index < -0.39 is 10.8 Å². The van der Waals surface area contributed by atoms with E-state index in [1.807, 2.05) is 22.9 Å². The largest absolute Gasteiger partial charge is 0.356 e. The molecule has 0 saturated carbocycles. The number of carbonyl (C=O) groups is 1. The minimum atomic E-state index is -0.534. The summed E-state index contributed by atoms with van der Waals surface area (Å²) < 4.78 is 7.74. The molecule has 1 aliphatic rings. The normalized spacial score (nSPS) is 16.9. The van der Waals surface area contributed by atoms with Gasteiger partial charge in [0.05, 0.1) is 22.3 Å². The summed E-state index contributed by atoms with van der Waals surface area (Å²) in [5, 5.41) is 19.5. The van der Waals surface area contributed by atoms with Crippen molar-refractivity contribution in [2.45, 2.75) is 25.5 Å². The average Bonchev–Trinajstić information content (AvgIpc) is 3.22. The molecule has 2 heterocycles. The van der Waals surface area contributed by atoms with Gasteiger partial charge in [0.25, 0.3) is 11.6 Å². The van der Waals surface area contributed by atoms with Gasteiger partial charge in [0.15, 0.2) is 11.4 Å². The molecule has 1 amide bonds. The van der Waals surface area contributed by atoms with Gasteiger partial charge in [0.1, 0.15) is 0 Å². The molecule has 1 fully saturated rings. The molecule has 1 N–H and O–H groups in total.